The summed E-state index contributed by atoms with van der Waals surface area (Å²) < 4.78 is 9.48. The first-order chi connectivity index (χ1) is 7.99. The second-order valence-electron chi connectivity index (χ2n) is 3.79. The molecule has 0 bridgehead atoms. The molecule has 0 aliphatic carbocycles. The molecule has 0 saturated heterocycles. The average Bonchev–Trinajstić information content (AvgIpc) is 2.36. The maximum atomic E-state index is 11.5. The number of carbonyl (C=O) groups excluding carboxylic acids is 1. The highest BCUT2D eigenvalue weighted by atomic mass is 16.6. The van der Waals surface area contributed by atoms with Crippen LogP contribution in [0.15, 0.2) is 18.2 Å². The number of aliphatic hydroxyl groups excluding tert-OH is 1. The third-order valence-electron chi connectivity index (χ3n) is 2.39. The van der Waals surface area contributed by atoms with Crippen LogP contribution >= 0.6 is 0 Å². The Bertz CT molecular complexity index is 403. The molecule has 1 aromatic rings. The molecule has 1 unspecified atom stereocenters. The van der Waals surface area contributed by atoms with E-state index < -0.39 is 12.3 Å². The predicted octanol–water partition coefficient (Wildman–Crippen LogP) is 1.18. The van der Waals surface area contributed by atoms with E-state index in [1.807, 2.05) is 19.0 Å². The van der Waals surface area contributed by atoms with Crippen LogP contribution in [-0.2, 0) is 9.47 Å². The van der Waals surface area contributed by atoms with Gasteiger partial charge < -0.3 is 19.5 Å². The molecule has 1 rings (SSSR count). The average molecular weight is 239 g/mol. The maximum absolute atomic E-state index is 11.5. The van der Waals surface area contributed by atoms with Crippen molar-refractivity contribution in [3.63, 3.8) is 0 Å². The normalized spacial score (nSPS) is 12.1. The van der Waals surface area contributed by atoms with Crippen LogP contribution in [0, 0.1) is 0 Å². The molecule has 5 heteroatoms. The van der Waals surface area contributed by atoms with E-state index in [-0.39, 0.29) is 0 Å². The minimum atomic E-state index is -1.06. The highest BCUT2D eigenvalue weighted by molar-refractivity contribution is 5.90. The van der Waals surface area contributed by atoms with Gasteiger partial charge in [0.2, 0.25) is 0 Å². The molecule has 0 spiro atoms. The van der Waals surface area contributed by atoms with E-state index in [9.17, 15) is 9.90 Å². The lowest BCUT2D eigenvalue weighted by Gasteiger charge is -2.17. The maximum Gasteiger partial charge on any atom is 0.337 e. The lowest BCUT2D eigenvalue weighted by Crippen LogP contribution is -2.12. The van der Waals surface area contributed by atoms with Crippen LogP contribution in [0.5, 0.6) is 0 Å². The van der Waals surface area contributed by atoms with Crippen molar-refractivity contribution in [3.8, 4) is 0 Å². The fraction of sp³-hybridized carbons (Fsp3) is 0.417. The number of esters is 1. The quantitative estimate of drug-likeness (QED) is 0.631. The number of aliphatic hydroxyl groups is 1. The third-order valence-corrected chi connectivity index (χ3v) is 2.39. The Morgan fingerprint density at radius 3 is 2.41 bits per heavy atom. The van der Waals surface area contributed by atoms with Crippen LogP contribution in [0.2, 0.25) is 0 Å². The minimum Gasteiger partial charge on any atom is -0.465 e. The van der Waals surface area contributed by atoms with E-state index in [2.05, 4.69) is 4.74 Å². The summed E-state index contributed by atoms with van der Waals surface area (Å²) in [7, 11) is 6.40. The van der Waals surface area contributed by atoms with E-state index >= 15 is 0 Å². The van der Waals surface area contributed by atoms with Gasteiger partial charge in [-0.25, -0.2) is 4.79 Å². The van der Waals surface area contributed by atoms with Gasteiger partial charge in [0.05, 0.1) is 12.7 Å². The van der Waals surface area contributed by atoms with Gasteiger partial charge in [-0.05, 0) is 18.2 Å². The summed E-state index contributed by atoms with van der Waals surface area (Å²) >= 11 is 0. The molecule has 0 fully saturated rings. The fourth-order valence-corrected chi connectivity index (χ4v) is 1.41. The zero-order chi connectivity index (χ0) is 13.0. The van der Waals surface area contributed by atoms with Gasteiger partial charge in [0.15, 0.2) is 6.29 Å². The molecule has 0 heterocycles. The number of carbonyl (C=O) groups is 1. The molecular formula is C12H17NO4. The van der Waals surface area contributed by atoms with Crippen LogP contribution in [0.3, 0.4) is 0 Å². The van der Waals surface area contributed by atoms with Gasteiger partial charge in [-0.15, -0.1) is 0 Å². The number of ether oxygens (including phenoxy) is 2. The van der Waals surface area contributed by atoms with E-state index in [1.165, 1.54) is 14.2 Å². The van der Waals surface area contributed by atoms with Crippen LogP contribution in [0.25, 0.3) is 0 Å². The Balaban J connectivity index is 3.23. The topological polar surface area (TPSA) is 59.0 Å². The van der Waals surface area contributed by atoms with Crippen molar-refractivity contribution < 1.29 is 19.4 Å². The number of hydrogen-bond donors (Lipinski definition) is 1. The van der Waals surface area contributed by atoms with Crippen molar-refractivity contribution >= 4 is 11.7 Å². The predicted molar refractivity (Wildman–Crippen MR) is 64.1 cm³/mol. The van der Waals surface area contributed by atoms with E-state index in [1.54, 1.807) is 18.2 Å². The summed E-state index contributed by atoms with van der Waals surface area (Å²) in [4.78, 5) is 13.3. The van der Waals surface area contributed by atoms with E-state index in [4.69, 9.17) is 4.74 Å². The molecule has 94 valence electrons. The zero-order valence-corrected chi connectivity index (χ0v) is 10.4. The SMILES string of the molecule is COC(=O)c1cc(C(O)OC)cc(N(C)C)c1. The molecule has 0 amide bonds. The van der Waals surface area contributed by atoms with Gasteiger partial charge in [-0.1, -0.05) is 0 Å². The molecule has 0 aromatic heterocycles. The summed E-state index contributed by atoms with van der Waals surface area (Å²) in [6.07, 6.45) is -1.06. The zero-order valence-electron chi connectivity index (χ0n) is 10.4. The lowest BCUT2D eigenvalue weighted by molar-refractivity contribution is -0.0769. The molecule has 1 atom stereocenters. The van der Waals surface area contributed by atoms with E-state index in [0.29, 0.717) is 11.1 Å². The summed E-state index contributed by atoms with van der Waals surface area (Å²) in [6, 6.07) is 4.99. The van der Waals surface area contributed by atoms with Gasteiger partial charge in [0.1, 0.15) is 0 Å². The summed E-state index contributed by atoms with van der Waals surface area (Å²) in [6.45, 7) is 0. The number of benzene rings is 1. The van der Waals surface area contributed by atoms with Crippen molar-refractivity contribution in [2.45, 2.75) is 6.29 Å². The second kappa shape index (κ2) is 5.65. The van der Waals surface area contributed by atoms with Crippen molar-refractivity contribution in [1.82, 2.24) is 0 Å². The van der Waals surface area contributed by atoms with Gasteiger partial charge in [-0.2, -0.15) is 0 Å². The number of methoxy groups -OCH3 is 2. The van der Waals surface area contributed by atoms with Crippen LogP contribution in [0.4, 0.5) is 5.69 Å². The molecule has 0 radical (unpaired) electrons. The standard InChI is InChI=1S/C12H17NO4/c1-13(2)10-6-8(11(14)16-3)5-9(7-10)12(15)17-4/h5-7,11,14H,1-4H3. The van der Waals surface area contributed by atoms with Crippen LogP contribution in [0.1, 0.15) is 22.2 Å². The lowest BCUT2D eigenvalue weighted by atomic mass is 10.1. The van der Waals surface area contributed by atoms with Crippen molar-refractivity contribution in [2.75, 3.05) is 33.2 Å². The first-order valence-electron chi connectivity index (χ1n) is 5.11. The largest absolute Gasteiger partial charge is 0.465 e. The first kappa shape index (κ1) is 13.5. The smallest absolute Gasteiger partial charge is 0.337 e. The molecule has 1 N–H and O–H groups in total. The van der Waals surface area contributed by atoms with Gasteiger partial charge in [-0.3, -0.25) is 0 Å². The Morgan fingerprint density at radius 2 is 1.94 bits per heavy atom. The third kappa shape index (κ3) is 3.18. The van der Waals surface area contributed by atoms with Crippen molar-refractivity contribution in [2.24, 2.45) is 0 Å². The van der Waals surface area contributed by atoms with E-state index in [0.717, 1.165) is 5.69 Å². The van der Waals surface area contributed by atoms with Crippen LogP contribution in [-0.4, -0.2) is 39.4 Å². The number of anilines is 1. The van der Waals surface area contributed by atoms with Gasteiger partial charge in [0.25, 0.3) is 0 Å². The molecule has 0 aliphatic rings. The molecule has 5 nitrogen and oxygen atoms in total. The van der Waals surface area contributed by atoms with Crippen LogP contribution < -0.4 is 4.90 Å². The number of hydrogen-bond acceptors (Lipinski definition) is 5. The van der Waals surface area contributed by atoms with Gasteiger partial charge >= 0.3 is 5.97 Å². The Morgan fingerprint density at radius 1 is 1.29 bits per heavy atom. The fourth-order valence-electron chi connectivity index (χ4n) is 1.41. The summed E-state index contributed by atoms with van der Waals surface area (Å²) in [5.41, 5.74) is 1.68. The summed E-state index contributed by atoms with van der Waals surface area (Å²) in [5, 5.41) is 9.62. The van der Waals surface area contributed by atoms with Crippen molar-refractivity contribution in [3.05, 3.63) is 29.3 Å². The molecule has 1 aromatic carbocycles. The highest BCUT2D eigenvalue weighted by Gasteiger charge is 2.14. The van der Waals surface area contributed by atoms with Crippen molar-refractivity contribution in [1.29, 1.82) is 0 Å². The Labute approximate surface area is 101 Å². The number of nitrogens with zero attached hydrogens (tertiary/aromatic N) is 1. The Hall–Kier alpha value is -1.59. The number of rotatable bonds is 4. The monoisotopic (exact) mass is 239 g/mol. The highest BCUT2D eigenvalue weighted by Crippen LogP contribution is 2.23. The van der Waals surface area contributed by atoms with Gasteiger partial charge in [0, 0.05) is 32.5 Å². The second-order valence-corrected chi connectivity index (χ2v) is 3.79. The summed E-state index contributed by atoms with van der Waals surface area (Å²) in [5.74, 6) is -0.446. The minimum absolute atomic E-state index is 0.379. The Kier molecular flexibility index (Phi) is 4.48. The molecule has 0 saturated carbocycles. The molecule has 17 heavy (non-hydrogen) atoms. The molecular weight excluding hydrogens is 222 g/mol. The molecule has 0 aliphatic heterocycles. The first-order valence-corrected chi connectivity index (χ1v) is 5.11.